The van der Waals surface area contributed by atoms with Crippen LogP contribution < -0.4 is 5.32 Å². The van der Waals surface area contributed by atoms with Crippen LogP contribution in [-0.2, 0) is 11.2 Å². The molecule has 5 nitrogen and oxygen atoms in total. The van der Waals surface area contributed by atoms with Crippen LogP contribution in [0.1, 0.15) is 32.9 Å². The average Bonchev–Trinajstić information content (AvgIpc) is 2.78. The number of H-pyrrole nitrogens is 1. The Labute approximate surface area is 102 Å². The van der Waals surface area contributed by atoms with Crippen molar-refractivity contribution in [3.8, 4) is 0 Å². The van der Waals surface area contributed by atoms with Crippen molar-refractivity contribution in [3.05, 3.63) is 18.0 Å². The standard InChI is InChI=1S/C12H21N3O2/c1-4-9(2)12(3,17)8-13-11(16)7-10-5-6-14-15-10/h5-6,9,17H,4,7-8H2,1-3H3,(H,13,16)(H,14,15). The number of nitrogens with one attached hydrogen (secondary N) is 2. The van der Waals surface area contributed by atoms with Crippen molar-refractivity contribution in [2.75, 3.05) is 6.54 Å². The van der Waals surface area contributed by atoms with Crippen LogP contribution in [0.25, 0.3) is 0 Å². The smallest absolute Gasteiger partial charge is 0.226 e. The summed E-state index contributed by atoms with van der Waals surface area (Å²) < 4.78 is 0. The third-order valence-corrected chi connectivity index (χ3v) is 3.23. The summed E-state index contributed by atoms with van der Waals surface area (Å²) in [4.78, 5) is 11.6. The van der Waals surface area contributed by atoms with E-state index in [9.17, 15) is 9.90 Å². The van der Waals surface area contributed by atoms with E-state index in [1.807, 2.05) is 13.8 Å². The van der Waals surface area contributed by atoms with E-state index in [1.54, 1.807) is 19.2 Å². The lowest BCUT2D eigenvalue weighted by Crippen LogP contribution is -2.45. The van der Waals surface area contributed by atoms with Crippen molar-refractivity contribution in [2.45, 2.75) is 39.2 Å². The van der Waals surface area contributed by atoms with E-state index in [2.05, 4.69) is 15.5 Å². The van der Waals surface area contributed by atoms with Gasteiger partial charge in [0, 0.05) is 18.4 Å². The normalized spacial score (nSPS) is 16.2. The number of carbonyl (C=O) groups excluding carboxylic acids is 1. The zero-order chi connectivity index (χ0) is 12.9. The third kappa shape index (κ3) is 4.19. The van der Waals surface area contributed by atoms with Crippen molar-refractivity contribution in [1.29, 1.82) is 0 Å². The first-order valence-corrected chi connectivity index (χ1v) is 5.93. The minimum atomic E-state index is -0.863. The maximum Gasteiger partial charge on any atom is 0.226 e. The first kappa shape index (κ1) is 13.7. The number of aromatic nitrogens is 2. The molecule has 96 valence electrons. The second-order valence-corrected chi connectivity index (χ2v) is 4.70. The van der Waals surface area contributed by atoms with E-state index in [0.29, 0.717) is 0 Å². The highest BCUT2D eigenvalue weighted by Crippen LogP contribution is 2.18. The molecule has 0 aliphatic heterocycles. The van der Waals surface area contributed by atoms with Gasteiger partial charge in [0.1, 0.15) is 0 Å². The zero-order valence-electron chi connectivity index (χ0n) is 10.7. The van der Waals surface area contributed by atoms with Crippen LogP contribution >= 0.6 is 0 Å². The minimum Gasteiger partial charge on any atom is -0.388 e. The van der Waals surface area contributed by atoms with E-state index in [0.717, 1.165) is 12.1 Å². The van der Waals surface area contributed by atoms with Gasteiger partial charge in [-0.15, -0.1) is 0 Å². The van der Waals surface area contributed by atoms with Gasteiger partial charge in [-0.1, -0.05) is 20.3 Å². The average molecular weight is 239 g/mol. The summed E-state index contributed by atoms with van der Waals surface area (Å²) >= 11 is 0. The van der Waals surface area contributed by atoms with Gasteiger partial charge in [-0.25, -0.2) is 0 Å². The number of carbonyl (C=O) groups is 1. The largest absolute Gasteiger partial charge is 0.388 e. The fraction of sp³-hybridized carbons (Fsp3) is 0.667. The van der Waals surface area contributed by atoms with Gasteiger partial charge in [0.15, 0.2) is 0 Å². The van der Waals surface area contributed by atoms with Crippen LogP contribution in [0.5, 0.6) is 0 Å². The molecule has 2 atom stereocenters. The van der Waals surface area contributed by atoms with Crippen LogP contribution in [0, 0.1) is 5.92 Å². The van der Waals surface area contributed by atoms with Gasteiger partial charge in [0.05, 0.1) is 12.0 Å². The number of aliphatic hydroxyl groups is 1. The Balaban J connectivity index is 2.37. The second-order valence-electron chi connectivity index (χ2n) is 4.70. The van der Waals surface area contributed by atoms with Gasteiger partial charge >= 0.3 is 0 Å². The van der Waals surface area contributed by atoms with Gasteiger partial charge in [0.2, 0.25) is 5.91 Å². The molecule has 1 aromatic heterocycles. The van der Waals surface area contributed by atoms with E-state index < -0.39 is 5.60 Å². The Bertz CT molecular complexity index is 347. The number of nitrogens with zero attached hydrogens (tertiary/aromatic N) is 1. The fourth-order valence-corrected chi connectivity index (χ4v) is 1.51. The molecular formula is C12H21N3O2. The van der Waals surface area contributed by atoms with Gasteiger partial charge < -0.3 is 10.4 Å². The van der Waals surface area contributed by atoms with Crippen LogP contribution in [-0.4, -0.2) is 33.4 Å². The first-order chi connectivity index (χ1) is 7.95. The van der Waals surface area contributed by atoms with Crippen molar-refractivity contribution < 1.29 is 9.90 Å². The fourth-order valence-electron chi connectivity index (χ4n) is 1.51. The second kappa shape index (κ2) is 5.82. The number of rotatable bonds is 6. The molecule has 5 heteroatoms. The highest BCUT2D eigenvalue weighted by molar-refractivity contribution is 5.78. The molecule has 0 spiro atoms. The summed E-state index contributed by atoms with van der Waals surface area (Å²) in [7, 11) is 0. The Morgan fingerprint density at radius 1 is 1.71 bits per heavy atom. The molecule has 2 unspecified atom stereocenters. The van der Waals surface area contributed by atoms with Gasteiger partial charge in [-0.3, -0.25) is 9.89 Å². The molecular weight excluding hydrogens is 218 g/mol. The predicted octanol–water partition coefficient (Wildman–Crippen LogP) is 0.865. The predicted molar refractivity (Wildman–Crippen MR) is 65.4 cm³/mol. The summed E-state index contributed by atoms with van der Waals surface area (Å²) in [5.74, 6) is 0.0350. The van der Waals surface area contributed by atoms with Gasteiger partial charge in [0.25, 0.3) is 0 Å². The van der Waals surface area contributed by atoms with Crippen molar-refractivity contribution in [3.63, 3.8) is 0 Å². The van der Waals surface area contributed by atoms with E-state index in [4.69, 9.17) is 0 Å². The molecule has 0 bridgehead atoms. The summed E-state index contributed by atoms with van der Waals surface area (Å²) in [5.41, 5.74) is -0.0936. The molecule has 3 N–H and O–H groups in total. The van der Waals surface area contributed by atoms with Gasteiger partial charge in [-0.05, 0) is 18.9 Å². The highest BCUT2D eigenvalue weighted by Gasteiger charge is 2.27. The van der Waals surface area contributed by atoms with Crippen molar-refractivity contribution in [2.24, 2.45) is 5.92 Å². The van der Waals surface area contributed by atoms with Crippen LogP contribution in [0.3, 0.4) is 0 Å². The van der Waals surface area contributed by atoms with Crippen LogP contribution in [0.4, 0.5) is 0 Å². The van der Waals surface area contributed by atoms with E-state index in [1.165, 1.54) is 0 Å². The van der Waals surface area contributed by atoms with Crippen LogP contribution in [0.15, 0.2) is 12.3 Å². The van der Waals surface area contributed by atoms with Crippen LogP contribution in [0.2, 0.25) is 0 Å². The third-order valence-electron chi connectivity index (χ3n) is 3.23. The maximum absolute atomic E-state index is 11.6. The van der Waals surface area contributed by atoms with Crippen molar-refractivity contribution in [1.82, 2.24) is 15.5 Å². The Morgan fingerprint density at radius 2 is 2.41 bits per heavy atom. The molecule has 0 radical (unpaired) electrons. The lowest BCUT2D eigenvalue weighted by molar-refractivity contribution is -0.122. The Hall–Kier alpha value is -1.36. The molecule has 1 heterocycles. The Morgan fingerprint density at radius 3 is 2.94 bits per heavy atom. The summed E-state index contributed by atoms with van der Waals surface area (Å²) in [6.07, 6.45) is 2.75. The van der Waals surface area contributed by atoms with E-state index >= 15 is 0 Å². The highest BCUT2D eigenvalue weighted by atomic mass is 16.3. The molecule has 1 aromatic rings. The summed E-state index contributed by atoms with van der Waals surface area (Å²) in [6, 6.07) is 1.76. The molecule has 1 rings (SSSR count). The number of hydrogen-bond donors (Lipinski definition) is 3. The maximum atomic E-state index is 11.6. The molecule has 0 aliphatic carbocycles. The number of aromatic amines is 1. The minimum absolute atomic E-state index is 0.113. The molecule has 1 amide bonds. The SMILES string of the molecule is CCC(C)C(C)(O)CNC(=O)Cc1ccn[nH]1. The summed E-state index contributed by atoms with van der Waals surface area (Å²) in [6.45, 7) is 6.01. The monoisotopic (exact) mass is 239 g/mol. The lowest BCUT2D eigenvalue weighted by Gasteiger charge is -2.29. The molecule has 0 saturated heterocycles. The van der Waals surface area contributed by atoms with Gasteiger partial charge in [-0.2, -0.15) is 5.10 Å². The number of hydrogen-bond acceptors (Lipinski definition) is 3. The zero-order valence-corrected chi connectivity index (χ0v) is 10.7. The van der Waals surface area contributed by atoms with E-state index in [-0.39, 0.29) is 24.8 Å². The number of amides is 1. The topological polar surface area (TPSA) is 78.0 Å². The van der Waals surface area contributed by atoms with Crippen molar-refractivity contribution >= 4 is 5.91 Å². The summed E-state index contributed by atoms with van der Waals surface area (Å²) in [5, 5.41) is 19.4. The Kier molecular flexibility index (Phi) is 4.69. The molecule has 0 aliphatic rings. The molecule has 0 fully saturated rings. The molecule has 17 heavy (non-hydrogen) atoms. The lowest BCUT2D eigenvalue weighted by atomic mass is 9.88. The molecule has 0 aromatic carbocycles. The first-order valence-electron chi connectivity index (χ1n) is 5.93. The molecule has 0 saturated carbocycles. The quantitative estimate of drug-likeness (QED) is 0.689.